The largest absolute Gasteiger partial charge is 0.463 e. The molecule has 36 heavy (non-hydrogen) atoms. The fourth-order valence-electron chi connectivity index (χ4n) is 3.90. The summed E-state index contributed by atoms with van der Waals surface area (Å²) in [4.78, 5) is 30.7. The number of hydrogen-bond donors (Lipinski definition) is 1. The van der Waals surface area contributed by atoms with Gasteiger partial charge in [0.05, 0.1) is 11.6 Å². The Balaban J connectivity index is 1.28. The molecule has 7 nitrogen and oxygen atoms in total. The maximum absolute atomic E-state index is 13.0. The molecule has 0 atom stereocenters. The normalized spacial score (nSPS) is 14.0. The van der Waals surface area contributed by atoms with Crippen molar-refractivity contribution in [1.82, 2.24) is 9.88 Å². The number of nitrogens with zero attached hydrogens (tertiary/aromatic N) is 2. The van der Waals surface area contributed by atoms with Gasteiger partial charge in [0.25, 0.3) is 5.91 Å². The molecule has 0 saturated carbocycles. The molecule has 1 fully saturated rings. The molecule has 0 spiro atoms. The van der Waals surface area contributed by atoms with Crippen molar-refractivity contribution in [3.63, 3.8) is 0 Å². The Hall–Kier alpha value is -3.84. The van der Waals surface area contributed by atoms with Gasteiger partial charge in [-0.25, -0.2) is 9.78 Å². The highest BCUT2D eigenvalue weighted by atomic mass is 35.5. The highest BCUT2D eigenvalue weighted by Crippen LogP contribution is 2.25. The average molecular weight is 506 g/mol. The third-order valence-electron chi connectivity index (χ3n) is 5.76. The Kier molecular flexibility index (Phi) is 8.57. The Morgan fingerprint density at radius 1 is 1.08 bits per heavy atom. The molecule has 1 aliphatic rings. The number of amides is 1. The molecule has 0 bridgehead atoms. The standard InChI is InChI=1S/C28H28ClN3O4/c1-2-35-26(33)13-8-20-18-25(29)27(30-19-20)31-22-14-16-32(17-15-22)28(34)21-9-11-24(12-10-21)36-23-6-4-3-5-7-23/h3-13,18-19,22H,2,14-17H2,1H3,(H,30,31)/b13-8+. The lowest BCUT2D eigenvalue weighted by molar-refractivity contribution is -0.137. The highest BCUT2D eigenvalue weighted by Gasteiger charge is 2.24. The van der Waals surface area contributed by atoms with Crippen molar-refractivity contribution in [2.75, 3.05) is 25.0 Å². The van der Waals surface area contributed by atoms with Gasteiger partial charge in [-0.2, -0.15) is 0 Å². The van der Waals surface area contributed by atoms with Crippen LogP contribution < -0.4 is 10.1 Å². The van der Waals surface area contributed by atoms with Gasteiger partial charge in [0.2, 0.25) is 0 Å². The number of aromatic nitrogens is 1. The van der Waals surface area contributed by atoms with Gasteiger partial charge in [-0.05, 0) is 73.9 Å². The number of likely N-dealkylation sites (tertiary alicyclic amines) is 1. The van der Waals surface area contributed by atoms with E-state index < -0.39 is 5.97 Å². The minimum absolute atomic E-state index is 0.00797. The number of hydrogen-bond acceptors (Lipinski definition) is 6. The van der Waals surface area contributed by atoms with Crippen LogP contribution in [0.2, 0.25) is 5.02 Å². The number of piperidine rings is 1. The number of carbonyl (C=O) groups is 2. The molecule has 0 unspecified atom stereocenters. The zero-order valence-electron chi connectivity index (χ0n) is 20.0. The highest BCUT2D eigenvalue weighted by molar-refractivity contribution is 6.33. The average Bonchev–Trinajstić information content (AvgIpc) is 2.90. The number of benzene rings is 2. The number of esters is 1. The first kappa shape index (κ1) is 25.3. The van der Waals surface area contributed by atoms with Crippen LogP contribution >= 0.6 is 11.6 Å². The molecule has 1 aromatic heterocycles. The fourth-order valence-corrected chi connectivity index (χ4v) is 4.13. The molecule has 186 valence electrons. The molecule has 2 heterocycles. The molecule has 0 aliphatic carbocycles. The first-order chi connectivity index (χ1) is 17.5. The van der Waals surface area contributed by atoms with E-state index in [9.17, 15) is 9.59 Å². The number of ether oxygens (including phenoxy) is 2. The van der Waals surface area contributed by atoms with Gasteiger partial charge in [0, 0.05) is 37.0 Å². The van der Waals surface area contributed by atoms with E-state index in [2.05, 4.69) is 10.3 Å². The zero-order chi connectivity index (χ0) is 25.3. The lowest BCUT2D eigenvalue weighted by Gasteiger charge is -2.33. The van der Waals surface area contributed by atoms with E-state index in [4.69, 9.17) is 21.1 Å². The molecule has 0 radical (unpaired) electrons. The molecule has 2 aromatic carbocycles. The van der Waals surface area contributed by atoms with Crippen LogP contribution in [-0.4, -0.2) is 47.5 Å². The number of nitrogens with one attached hydrogen (secondary N) is 1. The second-order valence-electron chi connectivity index (χ2n) is 8.33. The number of anilines is 1. The summed E-state index contributed by atoms with van der Waals surface area (Å²) in [6, 6.07) is 18.7. The summed E-state index contributed by atoms with van der Waals surface area (Å²) in [7, 11) is 0. The van der Waals surface area contributed by atoms with E-state index in [1.165, 1.54) is 6.08 Å². The van der Waals surface area contributed by atoms with Crippen LogP contribution in [0, 0.1) is 0 Å². The lowest BCUT2D eigenvalue weighted by Crippen LogP contribution is -2.42. The van der Waals surface area contributed by atoms with Gasteiger partial charge in [0.1, 0.15) is 17.3 Å². The topological polar surface area (TPSA) is 80.8 Å². The summed E-state index contributed by atoms with van der Waals surface area (Å²) < 4.78 is 10.7. The van der Waals surface area contributed by atoms with E-state index >= 15 is 0 Å². The van der Waals surface area contributed by atoms with Crippen molar-refractivity contribution in [1.29, 1.82) is 0 Å². The third-order valence-corrected chi connectivity index (χ3v) is 6.05. The Morgan fingerprint density at radius 2 is 1.78 bits per heavy atom. The Bertz CT molecular complexity index is 1210. The number of halogens is 1. The van der Waals surface area contributed by atoms with Crippen molar-refractivity contribution in [3.05, 3.63) is 89.1 Å². The molecule has 3 aromatic rings. The summed E-state index contributed by atoms with van der Waals surface area (Å²) in [5.41, 5.74) is 1.34. The van der Waals surface area contributed by atoms with Gasteiger partial charge >= 0.3 is 5.97 Å². The smallest absolute Gasteiger partial charge is 0.330 e. The second-order valence-corrected chi connectivity index (χ2v) is 8.74. The minimum Gasteiger partial charge on any atom is -0.463 e. The number of pyridine rings is 1. The number of carbonyl (C=O) groups excluding carboxylic acids is 2. The first-order valence-corrected chi connectivity index (χ1v) is 12.3. The van der Waals surface area contributed by atoms with E-state index in [-0.39, 0.29) is 11.9 Å². The van der Waals surface area contributed by atoms with E-state index in [1.54, 1.807) is 37.4 Å². The SMILES string of the molecule is CCOC(=O)/C=C/c1cnc(NC2CCN(C(=O)c3ccc(Oc4ccccc4)cc3)CC2)c(Cl)c1. The van der Waals surface area contributed by atoms with Crippen LogP contribution in [0.5, 0.6) is 11.5 Å². The quantitative estimate of drug-likeness (QED) is 0.307. The van der Waals surface area contributed by atoms with Crippen LogP contribution in [0.15, 0.2) is 72.9 Å². The van der Waals surface area contributed by atoms with Crippen LogP contribution in [0.4, 0.5) is 5.82 Å². The van der Waals surface area contributed by atoms with E-state index in [0.29, 0.717) is 47.4 Å². The van der Waals surface area contributed by atoms with E-state index in [0.717, 1.165) is 18.6 Å². The summed E-state index contributed by atoms with van der Waals surface area (Å²) in [5, 5.41) is 3.85. The molecule has 1 saturated heterocycles. The van der Waals surface area contributed by atoms with Crippen molar-refractivity contribution in [3.8, 4) is 11.5 Å². The maximum Gasteiger partial charge on any atom is 0.330 e. The molecular formula is C28H28ClN3O4. The van der Waals surface area contributed by atoms with Crippen molar-refractivity contribution >= 4 is 35.4 Å². The van der Waals surface area contributed by atoms with Crippen molar-refractivity contribution in [2.24, 2.45) is 0 Å². The summed E-state index contributed by atoms with van der Waals surface area (Å²) in [6.07, 6.45) is 6.17. The summed E-state index contributed by atoms with van der Waals surface area (Å²) >= 11 is 6.40. The monoisotopic (exact) mass is 505 g/mol. The van der Waals surface area contributed by atoms with Crippen LogP contribution in [-0.2, 0) is 9.53 Å². The molecule has 1 amide bonds. The van der Waals surface area contributed by atoms with Gasteiger partial charge < -0.3 is 19.7 Å². The fraction of sp³-hybridized carbons (Fsp3) is 0.250. The second kappa shape index (κ2) is 12.2. The zero-order valence-corrected chi connectivity index (χ0v) is 20.8. The van der Waals surface area contributed by atoms with Crippen molar-refractivity contribution < 1.29 is 19.1 Å². The Morgan fingerprint density at radius 3 is 2.44 bits per heavy atom. The van der Waals surface area contributed by atoms with Gasteiger partial charge in [-0.15, -0.1) is 0 Å². The molecule has 8 heteroatoms. The van der Waals surface area contributed by atoms with Gasteiger partial charge in [-0.3, -0.25) is 4.79 Å². The number of rotatable bonds is 8. The lowest BCUT2D eigenvalue weighted by atomic mass is 10.0. The van der Waals surface area contributed by atoms with Gasteiger partial charge in [0.15, 0.2) is 0 Å². The third kappa shape index (κ3) is 6.86. The van der Waals surface area contributed by atoms with Crippen molar-refractivity contribution in [2.45, 2.75) is 25.8 Å². The number of para-hydroxylation sites is 1. The molecular weight excluding hydrogens is 478 g/mol. The van der Waals surface area contributed by atoms with Crippen LogP contribution in [0.25, 0.3) is 6.08 Å². The maximum atomic E-state index is 13.0. The van der Waals surface area contributed by atoms with Crippen LogP contribution in [0.1, 0.15) is 35.7 Å². The predicted octanol–water partition coefficient (Wildman–Crippen LogP) is 5.82. The minimum atomic E-state index is -0.409. The predicted molar refractivity (Wildman–Crippen MR) is 140 cm³/mol. The van der Waals surface area contributed by atoms with E-state index in [1.807, 2.05) is 47.4 Å². The molecule has 4 rings (SSSR count). The molecule has 1 N–H and O–H groups in total. The van der Waals surface area contributed by atoms with Gasteiger partial charge in [-0.1, -0.05) is 29.8 Å². The van der Waals surface area contributed by atoms with Crippen LogP contribution in [0.3, 0.4) is 0 Å². The summed E-state index contributed by atoms with van der Waals surface area (Å²) in [6.45, 7) is 3.35. The first-order valence-electron chi connectivity index (χ1n) is 11.9. The Labute approximate surface area is 215 Å². The molecule has 1 aliphatic heterocycles. The summed E-state index contributed by atoms with van der Waals surface area (Å²) in [5.74, 6) is 1.63.